The fourth-order valence-corrected chi connectivity index (χ4v) is 6.77. The maximum atomic E-state index is 13.9. The van der Waals surface area contributed by atoms with E-state index >= 15 is 0 Å². The number of urea groups is 1. The Bertz CT molecular complexity index is 1380. The Morgan fingerprint density at radius 3 is 2.67 bits per heavy atom. The second-order valence-electron chi connectivity index (χ2n) is 11.3. The van der Waals surface area contributed by atoms with Gasteiger partial charge in [-0.15, -0.1) is 0 Å². The fraction of sp³-hybridized carbons (Fsp3) is 0.517. The second-order valence-corrected chi connectivity index (χ2v) is 11.3. The van der Waals surface area contributed by atoms with Gasteiger partial charge >= 0.3 is 6.03 Å². The van der Waals surface area contributed by atoms with Gasteiger partial charge in [0.25, 0.3) is 5.56 Å². The lowest BCUT2D eigenvalue weighted by Crippen LogP contribution is -2.64. The van der Waals surface area contributed by atoms with E-state index in [1.54, 1.807) is 10.9 Å². The lowest BCUT2D eigenvalue weighted by Gasteiger charge is -2.53. The Kier molecular flexibility index (Phi) is 6.76. The maximum absolute atomic E-state index is 13.9. The van der Waals surface area contributed by atoms with Crippen molar-refractivity contribution in [1.82, 2.24) is 29.1 Å². The summed E-state index contributed by atoms with van der Waals surface area (Å²) < 4.78 is 8.94. The third-order valence-corrected chi connectivity index (χ3v) is 8.98. The number of hydrogen-bond acceptors (Lipinski definition) is 6. The summed E-state index contributed by atoms with van der Waals surface area (Å²) in [6.45, 7) is 2.62. The summed E-state index contributed by atoms with van der Waals surface area (Å²) in [7, 11) is 1.82. The Morgan fingerprint density at radius 1 is 1.15 bits per heavy atom. The summed E-state index contributed by atoms with van der Waals surface area (Å²) in [5.74, 6) is 0. The van der Waals surface area contributed by atoms with Crippen molar-refractivity contribution < 1.29 is 14.6 Å². The number of carbonyl (C=O) groups is 1. The van der Waals surface area contributed by atoms with Gasteiger partial charge < -0.3 is 19.6 Å². The van der Waals surface area contributed by atoms with Gasteiger partial charge in [-0.3, -0.25) is 14.0 Å². The van der Waals surface area contributed by atoms with E-state index in [1.165, 1.54) is 17.0 Å². The van der Waals surface area contributed by atoms with E-state index in [2.05, 4.69) is 10.1 Å². The normalized spacial score (nSPS) is 24.8. The largest absolute Gasteiger partial charge is 0.387 e. The van der Waals surface area contributed by atoms with Crippen LogP contribution in [0.5, 0.6) is 0 Å². The molecule has 2 aromatic heterocycles. The number of aryl methyl sites for hydroxylation is 1. The van der Waals surface area contributed by atoms with Crippen LogP contribution >= 0.6 is 0 Å². The number of carbonyl (C=O) groups excluding carboxylic acids is 1. The Morgan fingerprint density at radius 2 is 1.95 bits per heavy atom. The molecule has 3 aromatic rings. The van der Waals surface area contributed by atoms with Gasteiger partial charge in [-0.05, 0) is 24.8 Å². The number of morpholine rings is 1. The summed E-state index contributed by atoms with van der Waals surface area (Å²) in [6, 6.07) is 11.4. The minimum atomic E-state index is -1.11. The molecule has 0 unspecified atom stereocenters. The van der Waals surface area contributed by atoms with Gasteiger partial charge in [-0.2, -0.15) is 5.10 Å². The summed E-state index contributed by atoms with van der Waals surface area (Å²) in [5.41, 5.74) is 0.629. The first-order chi connectivity index (χ1) is 18.9. The van der Waals surface area contributed by atoms with Gasteiger partial charge in [-0.25, -0.2) is 9.78 Å². The van der Waals surface area contributed by atoms with Crippen molar-refractivity contribution in [3.8, 4) is 11.3 Å². The number of ether oxygens (including phenoxy) is 1. The molecule has 6 rings (SSSR count). The summed E-state index contributed by atoms with van der Waals surface area (Å²) in [4.78, 5) is 35.4. The summed E-state index contributed by atoms with van der Waals surface area (Å²) in [6.07, 6.45) is 9.09. The number of benzene rings is 1. The van der Waals surface area contributed by atoms with Crippen molar-refractivity contribution in [2.45, 2.75) is 50.3 Å². The van der Waals surface area contributed by atoms with Crippen molar-refractivity contribution >= 4 is 6.03 Å². The smallest absolute Gasteiger partial charge is 0.320 e. The van der Waals surface area contributed by atoms with Gasteiger partial charge in [0.15, 0.2) is 0 Å². The van der Waals surface area contributed by atoms with Crippen molar-refractivity contribution in [1.29, 1.82) is 0 Å². The number of aromatic nitrogens is 4. The van der Waals surface area contributed by atoms with Gasteiger partial charge in [0.05, 0.1) is 49.6 Å². The molecule has 2 aliphatic heterocycles. The quantitative estimate of drug-likeness (QED) is 0.554. The number of piperidine rings is 1. The van der Waals surface area contributed by atoms with Gasteiger partial charge in [-0.1, -0.05) is 43.2 Å². The van der Waals surface area contributed by atoms with Crippen LogP contribution in [0.2, 0.25) is 0 Å². The van der Waals surface area contributed by atoms with Gasteiger partial charge in [0.2, 0.25) is 0 Å². The van der Waals surface area contributed by atoms with Crippen LogP contribution in [0.4, 0.5) is 4.79 Å². The molecule has 1 aliphatic carbocycles. The zero-order valence-electron chi connectivity index (χ0n) is 22.4. The Balaban J connectivity index is 1.22. The minimum absolute atomic E-state index is 0.000125. The van der Waals surface area contributed by atoms with Crippen molar-refractivity contribution in [3.05, 3.63) is 71.0 Å². The van der Waals surface area contributed by atoms with Gasteiger partial charge in [0.1, 0.15) is 0 Å². The number of amides is 2. The van der Waals surface area contributed by atoms with E-state index in [4.69, 9.17) is 4.74 Å². The lowest BCUT2D eigenvalue weighted by molar-refractivity contribution is -0.137. The second kappa shape index (κ2) is 10.2. The molecule has 10 nitrogen and oxygen atoms in total. The minimum Gasteiger partial charge on any atom is -0.387 e. The molecule has 10 heteroatoms. The van der Waals surface area contributed by atoms with Crippen LogP contribution in [-0.2, 0) is 18.3 Å². The highest BCUT2D eigenvalue weighted by atomic mass is 16.5. The van der Waals surface area contributed by atoms with E-state index in [9.17, 15) is 14.7 Å². The summed E-state index contributed by atoms with van der Waals surface area (Å²) in [5, 5.41) is 16.3. The van der Waals surface area contributed by atoms with Crippen LogP contribution in [0.1, 0.15) is 43.7 Å². The molecule has 1 aromatic carbocycles. The standard InChI is InChI=1S/C29H36N6O4/c1-32-17-23(16-31-32)24-15-26(36)34(21-30-24)20-29(38)11-12-33(19-28(29)9-5-6-10-28)27(37)35-13-14-39-18-25(35)22-7-3-2-4-8-22/h2-4,7-8,15-17,21,25,38H,5-6,9-14,18-20H2,1H3/t25-,29+/m0/s1. The highest BCUT2D eigenvalue weighted by Crippen LogP contribution is 2.51. The molecule has 2 amide bonds. The van der Waals surface area contributed by atoms with Crippen LogP contribution in [0.3, 0.4) is 0 Å². The third-order valence-electron chi connectivity index (χ3n) is 8.98. The monoisotopic (exact) mass is 532 g/mol. The molecule has 2 saturated heterocycles. The molecule has 206 valence electrons. The molecule has 1 spiro atoms. The molecular formula is C29H36N6O4. The van der Waals surface area contributed by atoms with Crippen LogP contribution in [0.15, 0.2) is 59.9 Å². The Hall–Kier alpha value is -3.50. The van der Waals surface area contributed by atoms with E-state index < -0.39 is 11.0 Å². The SMILES string of the molecule is Cn1cc(-c2cc(=O)n(C[C@]3(O)CCN(C(=O)N4CCOC[C@H]4c4ccccc4)CC34CCCC4)cn2)cn1. The first kappa shape index (κ1) is 25.8. The van der Waals surface area contributed by atoms with Gasteiger partial charge in [0, 0.05) is 49.9 Å². The average molecular weight is 533 g/mol. The molecule has 0 bridgehead atoms. The highest BCUT2D eigenvalue weighted by molar-refractivity contribution is 5.75. The van der Waals surface area contributed by atoms with Crippen molar-refractivity contribution in [2.24, 2.45) is 12.5 Å². The molecule has 2 atom stereocenters. The zero-order chi connectivity index (χ0) is 27.0. The molecule has 3 fully saturated rings. The number of nitrogens with zero attached hydrogens (tertiary/aromatic N) is 6. The van der Waals surface area contributed by atoms with Crippen LogP contribution in [0, 0.1) is 5.41 Å². The zero-order valence-corrected chi connectivity index (χ0v) is 22.4. The number of aliphatic hydroxyl groups is 1. The fourth-order valence-electron chi connectivity index (χ4n) is 6.77. The van der Waals surface area contributed by atoms with Crippen LogP contribution in [0.25, 0.3) is 11.3 Å². The molecule has 1 N–H and O–H groups in total. The first-order valence-electron chi connectivity index (χ1n) is 13.8. The number of hydrogen-bond donors (Lipinski definition) is 1. The molecular weight excluding hydrogens is 496 g/mol. The summed E-state index contributed by atoms with van der Waals surface area (Å²) >= 11 is 0. The highest BCUT2D eigenvalue weighted by Gasteiger charge is 2.56. The first-order valence-corrected chi connectivity index (χ1v) is 13.8. The van der Waals surface area contributed by atoms with E-state index in [1.807, 2.05) is 53.4 Å². The predicted molar refractivity (Wildman–Crippen MR) is 145 cm³/mol. The van der Waals surface area contributed by atoms with Crippen LogP contribution < -0.4 is 5.56 Å². The lowest BCUT2D eigenvalue weighted by atomic mass is 9.66. The topological polar surface area (TPSA) is 106 Å². The molecule has 3 aliphatic rings. The van der Waals surface area contributed by atoms with E-state index in [0.717, 1.165) is 36.8 Å². The predicted octanol–water partition coefficient (Wildman–Crippen LogP) is 2.83. The van der Waals surface area contributed by atoms with E-state index in [0.29, 0.717) is 45.0 Å². The molecule has 39 heavy (non-hydrogen) atoms. The molecule has 4 heterocycles. The van der Waals surface area contributed by atoms with E-state index in [-0.39, 0.29) is 24.2 Å². The maximum Gasteiger partial charge on any atom is 0.320 e. The number of rotatable bonds is 4. The number of likely N-dealkylation sites (tertiary alicyclic amines) is 1. The molecule has 1 saturated carbocycles. The Labute approximate surface area is 227 Å². The van der Waals surface area contributed by atoms with Crippen LogP contribution in [-0.4, -0.2) is 78.7 Å². The molecule has 0 radical (unpaired) electrons. The average Bonchev–Trinajstić information content (AvgIpc) is 3.62. The van der Waals surface area contributed by atoms with Crippen molar-refractivity contribution in [2.75, 3.05) is 32.8 Å². The van der Waals surface area contributed by atoms with Crippen molar-refractivity contribution in [3.63, 3.8) is 0 Å². The third kappa shape index (κ3) is 4.76.